The molecule has 0 heterocycles. The SMILES string of the molecule is CN(CCC1CCCC1)CC1(CN)CCC1. The van der Waals surface area contributed by atoms with E-state index in [0.717, 1.165) is 12.5 Å². The summed E-state index contributed by atoms with van der Waals surface area (Å²) in [7, 11) is 2.28. The van der Waals surface area contributed by atoms with Crippen molar-refractivity contribution in [1.29, 1.82) is 0 Å². The molecule has 2 aliphatic rings. The molecule has 0 aromatic carbocycles. The van der Waals surface area contributed by atoms with Gasteiger partial charge in [0.25, 0.3) is 0 Å². The van der Waals surface area contributed by atoms with Crippen molar-refractivity contribution < 1.29 is 0 Å². The van der Waals surface area contributed by atoms with Crippen molar-refractivity contribution in [3.8, 4) is 0 Å². The molecule has 0 aromatic heterocycles. The van der Waals surface area contributed by atoms with E-state index in [0.29, 0.717) is 5.41 Å². The van der Waals surface area contributed by atoms with Gasteiger partial charge in [0, 0.05) is 6.54 Å². The molecule has 2 rings (SSSR count). The van der Waals surface area contributed by atoms with Gasteiger partial charge in [-0.25, -0.2) is 0 Å². The predicted molar refractivity (Wildman–Crippen MR) is 69.4 cm³/mol. The molecule has 2 nitrogen and oxygen atoms in total. The molecule has 2 saturated carbocycles. The van der Waals surface area contributed by atoms with Crippen molar-refractivity contribution in [2.24, 2.45) is 17.1 Å². The Morgan fingerprint density at radius 1 is 1.19 bits per heavy atom. The van der Waals surface area contributed by atoms with E-state index in [9.17, 15) is 0 Å². The van der Waals surface area contributed by atoms with Crippen LogP contribution < -0.4 is 5.73 Å². The van der Waals surface area contributed by atoms with Crippen LogP contribution in [0.2, 0.25) is 0 Å². The lowest BCUT2D eigenvalue weighted by atomic mass is 9.68. The summed E-state index contributed by atoms with van der Waals surface area (Å²) in [6.07, 6.45) is 11.4. The van der Waals surface area contributed by atoms with Gasteiger partial charge in [0.05, 0.1) is 0 Å². The molecule has 0 atom stereocenters. The smallest absolute Gasteiger partial charge is 0.00470 e. The summed E-state index contributed by atoms with van der Waals surface area (Å²) in [5, 5.41) is 0. The first-order chi connectivity index (χ1) is 7.74. The number of nitrogens with zero attached hydrogens (tertiary/aromatic N) is 1. The van der Waals surface area contributed by atoms with Gasteiger partial charge in [-0.05, 0) is 50.7 Å². The summed E-state index contributed by atoms with van der Waals surface area (Å²) in [6, 6.07) is 0. The second-order valence-electron chi connectivity index (χ2n) is 6.23. The highest BCUT2D eigenvalue weighted by atomic mass is 15.1. The zero-order valence-electron chi connectivity index (χ0n) is 10.9. The molecule has 0 saturated heterocycles. The summed E-state index contributed by atoms with van der Waals surface area (Å²) in [6.45, 7) is 3.41. The molecule has 2 N–H and O–H groups in total. The van der Waals surface area contributed by atoms with Gasteiger partial charge < -0.3 is 10.6 Å². The topological polar surface area (TPSA) is 29.3 Å². The Labute approximate surface area is 101 Å². The zero-order chi connectivity index (χ0) is 11.4. The fourth-order valence-electron chi connectivity index (χ4n) is 3.46. The lowest BCUT2D eigenvalue weighted by molar-refractivity contribution is 0.0850. The highest BCUT2D eigenvalue weighted by molar-refractivity contribution is 4.90. The van der Waals surface area contributed by atoms with Crippen molar-refractivity contribution in [2.45, 2.75) is 51.4 Å². The van der Waals surface area contributed by atoms with Crippen LogP contribution in [-0.2, 0) is 0 Å². The Bertz CT molecular complexity index is 199. The monoisotopic (exact) mass is 224 g/mol. The maximum absolute atomic E-state index is 5.91. The third-order valence-corrected chi connectivity index (χ3v) is 4.85. The quantitative estimate of drug-likeness (QED) is 0.751. The van der Waals surface area contributed by atoms with Gasteiger partial charge in [-0.3, -0.25) is 0 Å². The Kier molecular flexibility index (Phi) is 4.26. The maximum atomic E-state index is 5.91. The molecule has 16 heavy (non-hydrogen) atoms. The largest absolute Gasteiger partial charge is 0.330 e. The average Bonchev–Trinajstić information content (AvgIpc) is 2.73. The third-order valence-electron chi connectivity index (χ3n) is 4.85. The van der Waals surface area contributed by atoms with Crippen molar-refractivity contribution in [3.63, 3.8) is 0 Å². The third kappa shape index (κ3) is 2.98. The number of hydrogen-bond donors (Lipinski definition) is 1. The van der Waals surface area contributed by atoms with Crippen LogP contribution in [0, 0.1) is 11.3 Å². The molecule has 0 unspecified atom stereocenters. The predicted octanol–water partition coefficient (Wildman–Crippen LogP) is 2.63. The highest BCUT2D eigenvalue weighted by Crippen LogP contribution is 2.40. The summed E-state index contributed by atoms with van der Waals surface area (Å²) in [5.41, 5.74) is 6.40. The second kappa shape index (κ2) is 5.50. The van der Waals surface area contributed by atoms with E-state index >= 15 is 0 Å². The van der Waals surface area contributed by atoms with E-state index in [1.165, 1.54) is 64.5 Å². The van der Waals surface area contributed by atoms with Gasteiger partial charge >= 0.3 is 0 Å². The number of rotatable bonds is 6. The Hall–Kier alpha value is -0.0800. The summed E-state index contributed by atoms with van der Waals surface area (Å²) >= 11 is 0. The minimum atomic E-state index is 0.491. The minimum Gasteiger partial charge on any atom is -0.330 e. The zero-order valence-corrected chi connectivity index (χ0v) is 10.9. The lowest BCUT2D eigenvalue weighted by Crippen LogP contribution is -2.46. The summed E-state index contributed by atoms with van der Waals surface area (Å²) < 4.78 is 0. The molecular formula is C14H28N2. The van der Waals surface area contributed by atoms with Crippen molar-refractivity contribution in [2.75, 3.05) is 26.7 Å². The van der Waals surface area contributed by atoms with Crippen molar-refractivity contribution in [1.82, 2.24) is 4.90 Å². The Morgan fingerprint density at radius 3 is 2.38 bits per heavy atom. The number of hydrogen-bond acceptors (Lipinski definition) is 2. The van der Waals surface area contributed by atoms with E-state index in [-0.39, 0.29) is 0 Å². The van der Waals surface area contributed by atoms with Crippen LogP contribution in [0.25, 0.3) is 0 Å². The van der Waals surface area contributed by atoms with E-state index in [1.54, 1.807) is 0 Å². The fraction of sp³-hybridized carbons (Fsp3) is 1.00. The molecule has 2 heteroatoms. The molecule has 2 aliphatic carbocycles. The van der Waals surface area contributed by atoms with Gasteiger partial charge in [-0.1, -0.05) is 32.1 Å². The molecule has 0 bridgehead atoms. The lowest BCUT2D eigenvalue weighted by Gasteiger charge is -2.43. The van der Waals surface area contributed by atoms with Crippen LogP contribution in [0.1, 0.15) is 51.4 Å². The molecule has 0 amide bonds. The van der Waals surface area contributed by atoms with Crippen molar-refractivity contribution >= 4 is 0 Å². The number of nitrogens with two attached hydrogens (primary N) is 1. The molecule has 0 radical (unpaired) electrons. The van der Waals surface area contributed by atoms with Crippen LogP contribution in [0.3, 0.4) is 0 Å². The van der Waals surface area contributed by atoms with Crippen LogP contribution in [0.15, 0.2) is 0 Å². The van der Waals surface area contributed by atoms with Crippen LogP contribution in [-0.4, -0.2) is 31.6 Å². The fourth-order valence-corrected chi connectivity index (χ4v) is 3.46. The second-order valence-corrected chi connectivity index (χ2v) is 6.23. The minimum absolute atomic E-state index is 0.491. The maximum Gasteiger partial charge on any atom is 0.00470 e. The van der Waals surface area contributed by atoms with Crippen LogP contribution in [0.5, 0.6) is 0 Å². The summed E-state index contributed by atoms with van der Waals surface area (Å²) in [4.78, 5) is 2.53. The first kappa shape index (κ1) is 12.4. The summed E-state index contributed by atoms with van der Waals surface area (Å²) in [5.74, 6) is 1.03. The normalized spacial score (nSPS) is 24.9. The van der Waals surface area contributed by atoms with Gasteiger partial charge in [0.2, 0.25) is 0 Å². The Morgan fingerprint density at radius 2 is 1.88 bits per heavy atom. The van der Waals surface area contributed by atoms with Gasteiger partial charge in [0.15, 0.2) is 0 Å². The molecule has 0 aromatic rings. The van der Waals surface area contributed by atoms with E-state index in [4.69, 9.17) is 5.73 Å². The molecule has 0 spiro atoms. The van der Waals surface area contributed by atoms with Gasteiger partial charge in [-0.2, -0.15) is 0 Å². The average molecular weight is 224 g/mol. The van der Waals surface area contributed by atoms with Gasteiger partial charge in [-0.15, -0.1) is 0 Å². The van der Waals surface area contributed by atoms with Crippen molar-refractivity contribution in [3.05, 3.63) is 0 Å². The molecule has 2 fully saturated rings. The highest BCUT2D eigenvalue weighted by Gasteiger charge is 2.36. The standard InChI is InChI=1S/C14H28N2/c1-16(10-7-13-5-2-3-6-13)12-14(11-15)8-4-9-14/h13H,2-12,15H2,1H3. The molecule has 0 aliphatic heterocycles. The van der Waals surface area contributed by atoms with E-state index < -0.39 is 0 Å². The molecule has 94 valence electrons. The van der Waals surface area contributed by atoms with Crippen LogP contribution >= 0.6 is 0 Å². The van der Waals surface area contributed by atoms with E-state index in [1.807, 2.05) is 0 Å². The molecular weight excluding hydrogens is 196 g/mol. The first-order valence-corrected chi connectivity index (χ1v) is 7.13. The first-order valence-electron chi connectivity index (χ1n) is 7.13. The van der Waals surface area contributed by atoms with Crippen LogP contribution in [0.4, 0.5) is 0 Å². The van der Waals surface area contributed by atoms with E-state index in [2.05, 4.69) is 11.9 Å². The Balaban J connectivity index is 1.65. The van der Waals surface area contributed by atoms with Gasteiger partial charge in [0.1, 0.15) is 0 Å².